The summed E-state index contributed by atoms with van der Waals surface area (Å²) in [6, 6.07) is 0.958. The van der Waals surface area contributed by atoms with Crippen molar-refractivity contribution in [3.8, 4) is 0 Å². The van der Waals surface area contributed by atoms with Crippen LogP contribution in [0, 0.1) is 5.92 Å². The van der Waals surface area contributed by atoms with Crippen molar-refractivity contribution in [2.45, 2.75) is 103 Å². The first-order valence-corrected chi connectivity index (χ1v) is 19.4. The van der Waals surface area contributed by atoms with E-state index in [9.17, 15) is 4.79 Å². The number of alkyl halides is 1. The molecule has 212 valence electrons. The van der Waals surface area contributed by atoms with E-state index in [4.69, 9.17) is 20.5 Å². The van der Waals surface area contributed by atoms with E-state index in [2.05, 4.69) is 88.0 Å². The molecular formula is C27H44ClFN4O3Si2. The fourth-order valence-corrected chi connectivity index (χ4v) is 6.62. The molecule has 0 aliphatic heterocycles. The summed E-state index contributed by atoms with van der Waals surface area (Å²) in [4.78, 5) is 24.3. The molecule has 1 fully saturated rings. The van der Waals surface area contributed by atoms with Crippen LogP contribution >= 0.6 is 11.6 Å². The molecule has 2 aromatic heterocycles. The number of halogens is 2. The molecule has 2 heterocycles. The molecule has 0 spiro atoms. The van der Waals surface area contributed by atoms with E-state index in [1.54, 1.807) is 6.07 Å². The summed E-state index contributed by atoms with van der Waals surface area (Å²) in [7, 11) is -4.31. The Bertz CT molecular complexity index is 1130. The first-order chi connectivity index (χ1) is 17.3. The Hall–Kier alpha value is -1.60. The lowest BCUT2D eigenvalue weighted by Gasteiger charge is -2.41. The van der Waals surface area contributed by atoms with Gasteiger partial charge in [-0.25, -0.2) is 14.4 Å². The number of H-pyrrole nitrogens is 1. The number of carbonyl (C=O) groups is 1. The molecule has 2 N–H and O–H groups in total. The molecule has 2 aromatic rings. The van der Waals surface area contributed by atoms with Crippen molar-refractivity contribution in [3.05, 3.63) is 41.1 Å². The molecule has 1 saturated carbocycles. The van der Waals surface area contributed by atoms with Crippen LogP contribution in [-0.4, -0.2) is 62.3 Å². The molecule has 7 nitrogen and oxygen atoms in total. The Labute approximate surface area is 233 Å². The maximum atomic E-state index is 16.3. The first kappa shape index (κ1) is 30.9. The van der Waals surface area contributed by atoms with Crippen molar-refractivity contribution in [1.29, 1.82) is 0 Å². The number of nitrogens with zero attached hydrogens (tertiary/aromatic N) is 2. The summed E-state index contributed by atoms with van der Waals surface area (Å²) in [5.41, 5.74) is 0.647. The van der Waals surface area contributed by atoms with E-state index in [0.717, 1.165) is 0 Å². The summed E-state index contributed by atoms with van der Waals surface area (Å²) in [6.07, 6.45) is 2.93. The third-order valence-electron chi connectivity index (χ3n) is 8.61. The van der Waals surface area contributed by atoms with E-state index in [1.807, 2.05) is 0 Å². The van der Waals surface area contributed by atoms with Crippen LogP contribution in [0.1, 0.15) is 63.9 Å². The minimum atomic E-state index is -2.27. The fraction of sp³-hybridized carbons (Fsp3) is 0.667. The van der Waals surface area contributed by atoms with Gasteiger partial charge in [0.15, 0.2) is 22.4 Å². The van der Waals surface area contributed by atoms with Crippen molar-refractivity contribution in [1.82, 2.24) is 15.0 Å². The van der Waals surface area contributed by atoms with Crippen LogP contribution in [0.15, 0.2) is 24.8 Å². The van der Waals surface area contributed by atoms with Gasteiger partial charge >= 0.3 is 0 Å². The van der Waals surface area contributed by atoms with Crippen LogP contribution in [0.2, 0.25) is 41.4 Å². The lowest BCUT2D eigenvalue weighted by molar-refractivity contribution is 0.0551. The van der Waals surface area contributed by atoms with Crippen molar-refractivity contribution in [2.24, 2.45) is 5.92 Å². The third-order valence-corrected chi connectivity index (χ3v) is 17.8. The van der Waals surface area contributed by atoms with Gasteiger partial charge in [0.1, 0.15) is 23.5 Å². The van der Waals surface area contributed by atoms with Gasteiger partial charge in [0.25, 0.3) is 0 Å². The van der Waals surface area contributed by atoms with Gasteiger partial charge in [-0.15, -0.1) is 0 Å². The number of anilines is 1. The van der Waals surface area contributed by atoms with Gasteiger partial charge in [-0.3, -0.25) is 4.79 Å². The smallest absolute Gasteiger partial charge is 0.199 e. The van der Waals surface area contributed by atoms with Gasteiger partial charge in [0.2, 0.25) is 0 Å². The Balaban J connectivity index is 1.88. The molecule has 11 heteroatoms. The van der Waals surface area contributed by atoms with Crippen molar-refractivity contribution >= 4 is 39.8 Å². The highest BCUT2D eigenvalue weighted by atomic mass is 35.5. The lowest BCUT2D eigenvalue weighted by atomic mass is 10.1. The van der Waals surface area contributed by atoms with Crippen LogP contribution in [-0.2, 0) is 8.85 Å². The van der Waals surface area contributed by atoms with Gasteiger partial charge in [-0.1, -0.05) is 53.1 Å². The summed E-state index contributed by atoms with van der Waals surface area (Å²) >= 11 is 5.97. The number of nitrogens with one attached hydrogen (secondary N) is 2. The summed E-state index contributed by atoms with van der Waals surface area (Å²) in [5, 5.41) is 3.57. The number of aromatic nitrogens is 3. The number of hydrogen-bond acceptors (Lipinski definition) is 6. The molecule has 0 unspecified atom stereocenters. The summed E-state index contributed by atoms with van der Waals surface area (Å²) in [6.45, 7) is 22.2. The van der Waals surface area contributed by atoms with Gasteiger partial charge < -0.3 is 19.2 Å². The van der Waals surface area contributed by atoms with Crippen molar-refractivity contribution < 1.29 is 18.0 Å². The maximum Gasteiger partial charge on any atom is 0.199 e. The molecular weight excluding hydrogens is 539 g/mol. The molecule has 38 heavy (non-hydrogen) atoms. The molecule has 0 saturated heterocycles. The van der Waals surface area contributed by atoms with Crippen LogP contribution < -0.4 is 5.32 Å². The zero-order valence-electron chi connectivity index (χ0n) is 24.4. The normalized spacial score (nSPS) is 23.1. The number of hydrogen-bond donors (Lipinski definition) is 2. The number of ketones is 1. The van der Waals surface area contributed by atoms with Gasteiger partial charge in [-0.05, 0) is 48.8 Å². The SMILES string of the molecule is CC(C)(C)[Si](C)(C)OC[C@H]1C[C@@H](Nc2ncncc2C(=O)c2c[nH]c(Cl)c2)[C@@H](F)[C@@H]1O[Si](C)(C)C(C)(C)C. The topological polar surface area (TPSA) is 89.1 Å². The van der Waals surface area contributed by atoms with E-state index in [0.29, 0.717) is 29.6 Å². The minimum Gasteiger partial charge on any atom is -0.416 e. The zero-order valence-corrected chi connectivity index (χ0v) is 27.2. The Morgan fingerprint density at radius 2 is 1.79 bits per heavy atom. The Morgan fingerprint density at radius 1 is 1.16 bits per heavy atom. The standard InChI is InChI=1S/C27H44ClFN4O3Si2/c1-26(2,3)37(7,8)35-15-18-11-20(22(29)24(18)36-38(9,10)27(4,5)6)33-25-19(14-30-16-32-25)23(34)17-12-21(28)31-13-17/h12-14,16,18,20,22,24,31H,11,15H2,1-10H3,(H,30,32,33)/t18-,20-,22-,24-/m1/s1. The monoisotopic (exact) mass is 582 g/mol. The van der Waals surface area contributed by atoms with Crippen molar-refractivity contribution in [2.75, 3.05) is 11.9 Å². The Kier molecular flexibility index (Phi) is 9.05. The van der Waals surface area contributed by atoms with E-state index in [-0.39, 0.29) is 27.3 Å². The molecule has 1 aliphatic carbocycles. The molecule has 0 bridgehead atoms. The average molecular weight is 583 g/mol. The molecule has 1 aliphatic rings. The second kappa shape index (κ2) is 11.1. The second-order valence-corrected chi connectivity index (χ2v) is 23.4. The number of rotatable bonds is 9. The number of carbonyl (C=O) groups excluding carboxylic acids is 1. The summed E-state index contributed by atoms with van der Waals surface area (Å²) < 4.78 is 29.5. The van der Waals surface area contributed by atoms with Gasteiger partial charge in [0, 0.05) is 30.5 Å². The zero-order chi connectivity index (χ0) is 28.7. The highest BCUT2D eigenvalue weighted by Crippen LogP contribution is 2.44. The maximum absolute atomic E-state index is 16.3. The van der Waals surface area contributed by atoms with Crippen LogP contribution in [0.5, 0.6) is 0 Å². The molecule has 0 radical (unpaired) electrons. The molecule has 3 rings (SSSR count). The molecule has 0 aromatic carbocycles. The van der Waals surface area contributed by atoms with E-state index >= 15 is 4.39 Å². The van der Waals surface area contributed by atoms with E-state index in [1.165, 1.54) is 18.7 Å². The first-order valence-electron chi connectivity index (χ1n) is 13.2. The van der Waals surface area contributed by atoms with Crippen molar-refractivity contribution in [3.63, 3.8) is 0 Å². The summed E-state index contributed by atoms with van der Waals surface area (Å²) in [5.74, 6) is -0.126. The van der Waals surface area contributed by atoms with Gasteiger partial charge in [0.05, 0.1) is 17.7 Å². The largest absolute Gasteiger partial charge is 0.416 e. The number of aromatic amines is 1. The predicted molar refractivity (Wildman–Crippen MR) is 157 cm³/mol. The van der Waals surface area contributed by atoms with Crippen LogP contribution in [0.25, 0.3) is 0 Å². The minimum absolute atomic E-state index is 0.0471. The van der Waals surface area contributed by atoms with Crippen LogP contribution in [0.3, 0.4) is 0 Å². The molecule has 0 amide bonds. The second-order valence-electron chi connectivity index (χ2n) is 13.5. The van der Waals surface area contributed by atoms with Crippen LogP contribution in [0.4, 0.5) is 10.2 Å². The average Bonchev–Trinajstić information content (AvgIpc) is 3.34. The fourth-order valence-electron chi connectivity index (χ4n) is 4.03. The van der Waals surface area contributed by atoms with Gasteiger partial charge in [-0.2, -0.15) is 0 Å². The van der Waals surface area contributed by atoms with E-state index < -0.39 is 35.0 Å². The predicted octanol–water partition coefficient (Wildman–Crippen LogP) is 7.24. The highest BCUT2D eigenvalue weighted by molar-refractivity contribution is 6.74. The Morgan fingerprint density at radius 3 is 2.34 bits per heavy atom. The molecule has 4 atom stereocenters. The highest BCUT2D eigenvalue weighted by Gasteiger charge is 2.50. The quantitative estimate of drug-likeness (QED) is 0.239. The lowest BCUT2D eigenvalue weighted by Crippen LogP contribution is -2.49. The third kappa shape index (κ3) is 6.75.